The number of carbonyl (C=O) groups is 3. The molecule has 0 atom stereocenters. The number of anilines is 1. The molecule has 1 aromatic carbocycles. The van der Waals surface area contributed by atoms with Crippen LogP contribution in [0.4, 0.5) is 5.00 Å². The van der Waals surface area contributed by atoms with Gasteiger partial charge in [-0.1, -0.05) is 18.2 Å². The molecule has 8 heteroatoms. The summed E-state index contributed by atoms with van der Waals surface area (Å²) in [4.78, 5) is 43.7. The number of aryl methyl sites for hydroxylation is 2. The molecule has 1 N–H and O–H groups in total. The van der Waals surface area contributed by atoms with Crippen LogP contribution in [-0.2, 0) is 27.1 Å². The lowest BCUT2D eigenvalue weighted by atomic mass is 9.90. The SMILES string of the molecule is CCOC(=O)c1c(NC(=O)COC(=O)c2c3c(nc4ccccc24)CCCC3)sc(C)c1C. The lowest BCUT2D eigenvalue weighted by molar-refractivity contribution is -0.119. The molecule has 0 spiro atoms. The zero-order valence-electron chi connectivity index (χ0n) is 18.9. The molecule has 4 rings (SSSR count). The molecule has 0 radical (unpaired) electrons. The number of thiophene rings is 1. The van der Waals surface area contributed by atoms with Gasteiger partial charge in [0.2, 0.25) is 0 Å². The quantitative estimate of drug-likeness (QED) is 0.526. The maximum atomic E-state index is 13.1. The number of carbonyl (C=O) groups excluding carboxylic acids is 3. The van der Waals surface area contributed by atoms with E-state index in [1.54, 1.807) is 6.92 Å². The molecule has 1 aliphatic carbocycles. The molecule has 0 fully saturated rings. The first-order valence-electron chi connectivity index (χ1n) is 11.0. The van der Waals surface area contributed by atoms with Gasteiger partial charge in [-0.15, -0.1) is 11.3 Å². The molecule has 172 valence electrons. The summed E-state index contributed by atoms with van der Waals surface area (Å²) in [6.07, 6.45) is 3.62. The van der Waals surface area contributed by atoms with Gasteiger partial charge in [0.1, 0.15) is 5.00 Å². The number of nitrogens with one attached hydrogen (secondary N) is 1. The Bertz CT molecular complexity index is 1250. The van der Waals surface area contributed by atoms with Gasteiger partial charge in [-0.3, -0.25) is 9.78 Å². The zero-order valence-corrected chi connectivity index (χ0v) is 19.8. The van der Waals surface area contributed by atoms with Gasteiger partial charge in [0.05, 0.1) is 23.3 Å². The number of hydrogen-bond donors (Lipinski definition) is 1. The highest BCUT2D eigenvalue weighted by Crippen LogP contribution is 2.33. The third-order valence-electron chi connectivity index (χ3n) is 5.83. The Balaban J connectivity index is 1.53. The minimum Gasteiger partial charge on any atom is -0.462 e. The summed E-state index contributed by atoms with van der Waals surface area (Å²) in [5.74, 6) is -1.53. The van der Waals surface area contributed by atoms with E-state index >= 15 is 0 Å². The minimum absolute atomic E-state index is 0.238. The molecule has 0 saturated carbocycles. The lowest BCUT2D eigenvalue weighted by Gasteiger charge is -2.19. The zero-order chi connectivity index (χ0) is 23.5. The molecule has 1 aliphatic rings. The fourth-order valence-electron chi connectivity index (χ4n) is 4.14. The van der Waals surface area contributed by atoms with E-state index in [4.69, 9.17) is 14.5 Å². The molecule has 0 saturated heterocycles. The van der Waals surface area contributed by atoms with Gasteiger partial charge in [0, 0.05) is 16.0 Å². The Labute approximate surface area is 196 Å². The van der Waals surface area contributed by atoms with Crippen molar-refractivity contribution in [1.82, 2.24) is 4.98 Å². The van der Waals surface area contributed by atoms with E-state index in [2.05, 4.69) is 5.32 Å². The Morgan fingerprint density at radius 3 is 2.55 bits per heavy atom. The highest BCUT2D eigenvalue weighted by atomic mass is 32.1. The van der Waals surface area contributed by atoms with E-state index < -0.39 is 24.5 Å². The second kappa shape index (κ2) is 9.70. The Hall–Kier alpha value is -3.26. The first kappa shape index (κ1) is 22.9. The van der Waals surface area contributed by atoms with Crippen LogP contribution in [0.2, 0.25) is 0 Å². The molecular weight excluding hydrogens is 440 g/mol. The number of amides is 1. The summed E-state index contributed by atoms with van der Waals surface area (Å²) >= 11 is 1.29. The van der Waals surface area contributed by atoms with Gasteiger partial charge in [0.25, 0.3) is 5.91 Å². The van der Waals surface area contributed by atoms with Crippen LogP contribution in [-0.4, -0.2) is 36.0 Å². The second-order valence-corrected chi connectivity index (χ2v) is 9.19. The smallest absolute Gasteiger partial charge is 0.341 e. The third-order valence-corrected chi connectivity index (χ3v) is 6.95. The van der Waals surface area contributed by atoms with Gasteiger partial charge in [-0.05, 0) is 63.6 Å². The number of esters is 2. The first-order chi connectivity index (χ1) is 15.9. The number of aromatic nitrogens is 1. The summed E-state index contributed by atoms with van der Waals surface area (Å²) in [5.41, 5.74) is 4.20. The van der Waals surface area contributed by atoms with Gasteiger partial charge < -0.3 is 14.8 Å². The Morgan fingerprint density at radius 1 is 1.03 bits per heavy atom. The summed E-state index contributed by atoms with van der Waals surface area (Å²) in [5, 5.41) is 3.84. The molecule has 0 unspecified atom stereocenters. The molecule has 0 aliphatic heterocycles. The standard InChI is InChI=1S/C25H26N2O5S/c1-4-31-24(29)21-14(2)15(3)33-23(21)27-20(28)13-32-25(30)22-16-9-5-7-11-18(16)26-19-12-8-6-10-17(19)22/h5,7,9,11H,4,6,8,10,12-13H2,1-3H3,(H,27,28). The van der Waals surface area contributed by atoms with Crippen LogP contribution in [0, 0.1) is 13.8 Å². The van der Waals surface area contributed by atoms with Gasteiger partial charge >= 0.3 is 11.9 Å². The second-order valence-electron chi connectivity index (χ2n) is 7.97. The van der Waals surface area contributed by atoms with Crippen molar-refractivity contribution in [3.8, 4) is 0 Å². The molecule has 7 nitrogen and oxygen atoms in total. The van der Waals surface area contributed by atoms with E-state index in [1.807, 2.05) is 38.1 Å². The monoisotopic (exact) mass is 466 g/mol. The number of nitrogens with zero attached hydrogens (tertiary/aromatic N) is 1. The Kier molecular flexibility index (Phi) is 6.74. The molecule has 33 heavy (non-hydrogen) atoms. The highest BCUT2D eigenvalue weighted by Gasteiger charge is 2.25. The molecule has 1 amide bonds. The number of benzene rings is 1. The van der Waals surface area contributed by atoms with Crippen LogP contribution < -0.4 is 5.32 Å². The molecule has 3 aromatic rings. The van der Waals surface area contributed by atoms with E-state index in [0.29, 0.717) is 16.1 Å². The van der Waals surface area contributed by atoms with Crippen molar-refractivity contribution in [3.63, 3.8) is 0 Å². The van der Waals surface area contributed by atoms with Crippen LogP contribution in [0.25, 0.3) is 10.9 Å². The lowest BCUT2D eigenvalue weighted by Crippen LogP contribution is -2.23. The van der Waals surface area contributed by atoms with Gasteiger partial charge in [-0.2, -0.15) is 0 Å². The number of rotatable bonds is 6. The average molecular weight is 467 g/mol. The molecule has 0 bridgehead atoms. The van der Waals surface area contributed by atoms with Crippen molar-refractivity contribution in [3.05, 3.63) is 57.1 Å². The third kappa shape index (κ3) is 4.61. The fourth-order valence-corrected chi connectivity index (χ4v) is 5.20. The largest absolute Gasteiger partial charge is 0.462 e. The number of fused-ring (bicyclic) bond motifs is 2. The molecule has 2 heterocycles. The fraction of sp³-hybridized carbons (Fsp3) is 0.360. The van der Waals surface area contributed by atoms with Crippen molar-refractivity contribution in [1.29, 1.82) is 0 Å². The maximum Gasteiger partial charge on any atom is 0.341 e. The van der Waals surface area contributed by atoms with Gasteiger partial charge in [-0.25, -0.2) is 9.59 Å². The number of ether oxygens (including phenoxy) is 2. The first-order valence-corrected chi connectivity index (χ1v) is 11.9. The van der Waals surface area contributed by atoms with E-state index in [1.165, 1.54) is 11.3 Å². The minimum atomic E-state index is -0.536. The highest BCUT2D eigenvalue weighted by molar-refractivity contribution is 7.16. The summed E-state index contributed by atoms with van der Waals surface area (Å²) in [7, 11) is 0. The van der Waals surface area contributed by atoms with E-state index in [-0.39, 0.29) is 6.61 Å². The van der Waals surface area contributed by atoms with Crippen LogP contribution in [0.1, 0.15) is 62.2 Å². The summed E-state index contributed by atoms with van der Waals surface area (Å²) < 4.78 is 10.6. The van der Waals surface area contributed by atoms with Crippen molar-refractivity contribution >= 4 is 45.1 Å². The molecular formula is C25H26N2O5S. The van der Waals surface area contributed by atoms with Crippen LogP contribution >= 0.6 is 11.3 Å². The van der Waals surface area contributed by atoms with Crippen molar-refractivity contribution in [2.24, 2.45) is 0 Å². The van der Waals surface area contributed by atoms with Crippen molar-refractivity contribution < 1.29 is 23.9 Å². The summed E-state index contributed by atoms with van der Waals surface area (Å²) in [6, 6.07) is 7.49. The Morgan fingerprint density at radius 2 is 1.76 bits per heavy atom. The normalized spacial score (nSPS) is 12.8. The van der Waals surface area contributed by atoms with Crippen LogP contribution in [0.3, 0.4) is 0 Å². The van der Waals surface area contributed by atoms with E-state index in [9.17, 15) is 14.4 Å². The van der Waals surface area contributed by atoms with Gasteiger partial charge in [0.15, 0.2) is 6.61 Å². The maximum absolute atomic E-state index is 13.1. The number of pyridine rings is 1. The molecule has 2 aromatic heterocycles. The van der Waals surface area contributed by atoms with Crippen LogP contribution in [0.15, 0.2) is 24.3 Å². The number of para-hydroxylation sites is 1. The van der Waals surface area contributed by atoms with Crippen LogP contribution in [0.5, 0.6) is 0 Å². The van der Waals surface area contributed by atoms with Crippen molar-refractivity contribution in [2.45, 2.75) is 46.5 Å². The van der Waals surface area contributed by atoms with Crippen molar-refractivity contribution in [2.75, 3.05) is 18.5 Å². The topological polar surface area (TPSA) is 94.6 Å². The predicted molar refractivity (Wildman–Crippen MR) is 127 cm³/mol. The van der Waals surface area contributed by atoms with E-state index in [0.717, 1.165) is 58.3 Å². The average Bonchev–Trinajstić information content (AvgIpc) is 3.08. The summed E-state index contributed by atoms with van der Waals surface area (Å²) in [6.45, 7) is 5.19. The number of hydrogen-bond acceptors (Lipinski definition) is 7. The predicted octanol–water partition coefficient (Wildman–Crippen LogP) is 4.76.